The van der Waals surface area contributed by atoms with Crippen molar-refractivity contribution < 1.29 is 27.8 Å². The summed E-state index contributed by atoms with van der Waals surface area (Å²) < 4.78 is 41.9. The predicted octanol–water partition coefficient (Wildman–Crippen LogP) is 4.31. The summed E-state index contributed by atoms with van der Waals surface area (Å²) in [6, 6.07) is 18.1. The van der Waals surface area contributed by atoms with Crippen LogP contribution in [-0.2, 0) is 25.8 Å². The molecule has 0 fully saturated rings. The molecule has 0 bridgehead atoms. The molecule has 0 amide bonds. The number of fused-ring (bicyclic) bond motifs is 1. The summed E-state index contributed by atoms with van der Waals surface area (Å²) in [6.07, 6.45) is -0.404. The molecular weight excluding hydrogens is 499 g/mol. The van der Waals surface area contributed by atoms with E-state index in [9.17, 15) is 27.8 Å². The van der Waals surface area contributed by atoms with E-state index < -0.39 is 47.1 Å². The van der Waals surface area contributed by atoms with Gasteiger partial charge in [0.15, 0.2) is 0 Å². The smallest absolute Gasteiger partial charge is 0.311 e. The quantitative estimate of drug-likeness (QED) is 0.212. The van der Waals surface area contributed by atoms with Gasteiger partial charge in [-0.1, -0.05) is 68.4 Å². The minimum Gasteiger partial charge on any atom is -0.481 e. The van der Waals surface area contributed by atoms with E-state index in [2.05, 4.69) is 4.72 Å². The molecule has 3 atom stereocenters. The number of hydrogen-bond donors (Lipinski definition) is 4. The molecule has 5 N–H and O–H groups in total. The number of sulfonamides is 1. The highest BCUT2D eigenvalue weighted by molar-refractivity contribution is 7.89. The molecule has 0 spiro atoms. The van der Waals surface area contributed by atoms with Crippen LogP contribution in [0.1, 0.15) is 36.5 Å². The van der Waals surface area contributed by atoms with Crippen molar-refractivity contribution in [3.8, 4) is 0 Å². The molecule has 8 nitrogen and oxygen atoms in total. The Balaban J connectivity index is 1.82. The van der Waals surface area contributed by atoms with Crippen molar-refractivity contribution in [1.29, 1.82) is 0 Å². The van der Waals surface area contributed by atoms with Crippen molar-refractivity contribution in [1.82, 2.24) is 4.72 Å². The van der Waals surface area contributed by atoms with Crippen LogP contribution < -0.4 is 10.5 Å². The average Bonchev–Trinajstić information content (AvgIpc) is 2.81. The Morgan fingerprint density at radius 3 is 2.36 bits per heavy atom. The number of aliphatic carboxylic acids is 1. The second kappa shape index (κ2) is 11.1. The first-order valence-electron chi connectivity index (χ1n) is 11.7. The fourth-order valence-electron chi connectivity index (χ4n) is 4.42. The van der Waals surface area contributed by atoms with Crippen LogP contribution in [-0.4, -0.2) is 42.1 Å². The van der Waals surface area contributed by atoms with Crippen LogP contribution in [0.15, 0.2) is 60.7 Å². The van der Waals surface area contributed by atoms with Gasteiger partial charge in [0, 0.05) is 11.8 Å². The summed E-state index contributed by atoms with van der Waals surface area (Å²) >= 11 is 0. The Kier molecular flexibility index (Phi) is 8.62. The summed E-state index contributed by atoms with van der Waals surface area (Å²) in [4.78, 5) is 23.1. The van der Waals surface area contributed by atoms with E-state index in [4.69, 9.17) is 5.73 Å². The van der Waals surface area contributed by atoms with Gasteiger partial charge in [-0.25, -0.2) is 13.1 Å². The molecule has 10 heteroatoms. The number of nitrogen functional groups attached to an aromatic ring is 1. The molecule has 0 aromatic heterocycles. The van der Waals surface area contributed by atoms with E-state index in [0.717, 1.165) is 16.3 Å². The molecule has 0 radical (unpaired) electrons. The number of carboxylic acid groups (broad SMARTS) is 1. The molecule has 3 unspecified atom stereocenters. The van der Waals surface area contributed by atoms with Gasteiger partial charge in [0.1, 0.15) is 5.78 Å². The molecule has 0 aliphatic heterocycles. The number of hydrogen-bond acceptors (Lipinski definition) is 5. The third kappa shape index (κ3) is 6.53. The molecule has 3 aromatic rings. The first-order valence-corrected chi connectivity index (χ1v) is 15.2. The van der Waals surface area contributed by atoms with Crippen molar-refractivity contribution in [2.75, 3.05) is 17.6 Å². The van der Waals surface area contributed by atoms with Gasteiger partial charge in [-0.05, 0) is 52.8 Å². The zero-order valence-corrected chi connectivity index (χ0v) is 22.3. The lowest BCUT2D eigenvalue weighted by atomic mass is 9.95. The van der Waals surface area contributed by atoms with Gasteiger partial charge in [0.05, 0.1) is 11.7 Å². The zero-order chi connectivity index (χ0) is 26.7. The number of carbonyl (C=O) groups is 1. The van der Waals surface area contributed by atoms with Crippen molar-refractivity contribution in [3.63, 3.8) is 0 Å². The van der Waals surface area contributed by atoms with Crippen molar-refractivity contribution in [2.24, 2.45) is 5.92 Å². The van der Waals surface area contributed by atoms with Crippen LogP contribution in [0.25, 0.3) is 10.8 Å². The Bertz CT molecular complexity index is 1400. The fourth-order valence-corrected chi connectivity index (χ4v) is 8.84. The van der Waals surface area contributed by atoms with Crippen LogP contribution in [0, 0.1) is 12.8 Å². The van der Waals surface area contributed by atoms with Gasteiger partial charge in [0.25, 0.3) is 0 Å². The summed E-state index contributed by atoms with van der Waals surface area (Å²) in [5.41, 5.74) is 7.99. The predicted molar refractivity (Wildman–Crippen MR) is 144 cm³/mol. The molecule has 0 heterocycles. The van der Waals surface area contributed by atoms with Crippen LogP contribution in [0.5, 0.6) is 0 Å². The highest BCUT2D eigenvalue weighted by atomic mass is 32.2. The molecule has 0 saturated carbocycles. The van der Waals surface area contributed by atoms with Crippen LogP contribution in [0.3, 0.4) is 0 Å². The second-order valence-electron chi connectivity index (χ2n) is 9.40. The summed E-state index contributed by atoms with van der Waals surface area (Å²) in [7, 11) is -8.27. The first-order chi connectivity index (χ1) is 16.8. The minimum absolute atomic E-state index is 0.220. The van der Waals surface area contributed by atoms with E-state index >= 15 is 0 Å². The lowest BCUT2D eigenvalue weighted by Crippen LogP contribution is -2.41. The summed E-state index contributed by atoms with van der Waals surface area (Å²) in [6.45, 7) is 4.91. The van der Waals surface area contributed by atoms with E-state index in [0.29, 0.717) is 16.8 Å². The third-order valence-electron chi connectivity index (χ3n) is 6.42. The maximum Gasteiger partial charge on any atom is 0.311 e. The van der Waals surface area contributed by atoms with E-state index in [1.807, 2.05) is 42.5 Å². The van der Waals surface area contributed by atoms with Crippen molar-refractivity contribution in [3.05, 3.63) is 77.4 Å². The molecule has 36 heavy (non-hydrogen) atoms. The second-order valence-corrected chi connectivity index (χ2v) is 13.7. The van der Waals surface area contributed by atoms with E-state index in [1.165, 1.54) is 0 Å². The van der Waals surface area contributed by atoms with Gasteiger partial charge < -0.3 is 15.7 Å². The number of benzene rings is 3. The Morgan fingerprint density at radius 2 is 1.69 bits per heavy atom. The van der Waals surface area contributed by atoms with Crippen molar-refractivity contribution >= 4 is 39.8 Å². The normalized spacial score (nSPS) is 15.5. The largest absolute Gasteiger partial charge is 0.481 e. The number of nitrogens with one attached hydrogen (secondary N) is 1. The molecular formula is C26H33N2O6PS. The number of anilines is 1. The molecule has 3 aromatic carbocycles. The zero-order valence-electron chi connectivity index (χ0n) is 20.6. The van der Waals surface area contributed by atoms with Crippen LogP contribution >= 0.6 is 7.37 Å². The SMILES string of the molecule is Cc1c(N)cccc1C(CP(=O)(O)C(NS(=O)(=O)CCc1cccc2ccccc12)C(C)C)C(=O)O. The number of carboxylic acids is 1. The average molecular weight is 533 g/mol. The van der Waals surface area contributed by atoms with Gasteiger partial charge in [0.2, 0.25) is 17.4 Å². The maximum atomic E-state index is 13.5. The molecule has 194 valence electrons. The topological polar surface area (TPSA) is 147 Å². The van der Waals surface area contributed by atoms with Gasteiger partial charge in [-0.3, -0.25) is 9.36 Å². The van der Waals surface area contributed by atoms with Gasteiger partial charge in [-0.15, -0.1) is 0 Å². The standard InChI is InChI=1S/C26H33N2O6PS/c1-17(2)25(35(31,32)16-23(26(29)30)21-12-7-13-24(27)18(21)3)28-36(33,34)15-14-20-10-6-9-19-8-4-5-11-22(19)20/h4-13,17,23,25,28H,14-16,27H2,1-3H3,(H,29,30)(H,31,32). The third-order valence-corrected chi connectivity index (χ3v) is 10.4. The van der Waals surface area contributed by atoms with Crippen molar-refractivity contribution in [2.45, 2.75) is 38.9 Å². The first kappa shape index (κ1) is 27.9. The summed E-state index contributed by atoms with van der Waals surface area (Å²) in [5.74, 6) is -4.76. The maximum absolute atomic E-state index is 13.5. The lowest BCUT2D eigenvalue weighted by Gasteiger charge is -2.29. The molecule has 0 aliphatic carbocycles. The molecule has 0 saturated heterocycles. The molecule has 3 rings (SSSR count). The minimum atomic E-state index is -4.31. The van der Waals surface area contributed by atoms with E-state index in [1.54, 1.807) is 39.0 Å². The van der Waals surface area contributed by atoms with Crippen LogP contribution in [0.2, 0.25) is 0 Å². The van der Waals surface area contributed by atoms with Gasteiger partial charge in [-0.2, -0.15) is 0 Å². The molecule has 0 aliphatic rings. The number of nitrogens with two attached hydrogens (primary N) is 1. The number of rotatable bonds is 11. The summed E-state index contributed by atoms with van der Waals surface area (Å²) in [5, 5.41) is 11.8. The monoisotopic (exact) mass is 532 g/mol. The van der Waals surface area contributed by atoms with Crippen LogP contribution in [0.4, 0.5) is 5.69 Å². The Hall–Kier alpha value is -2.71. The Morgan fingerprint density at radius 1 is 1.06 bits per heavy atom. The Labute approximate surface area is 212 Å². The number of aryl methyl sites for hydroxylation is 1. The lowest BCUT2D eigenvalue weighted by molar-refractivity contribution is -0.138. The van der Waals surface area contributed by atoms with E-state index in [-0.39, 0.29) is 12.2 Å². The highest BCUT2D eigenvalue weighted by Gasteiger charge is 2.40. The van der Waals surface area contributed by atoms with Gasteiger partial charge >= 0.3 is 5.97 Å². The fraction of sp³-hybridized carbons (Fsp3) is 0.346. The highest BCUT2D eigenvalue weighted by Crippen LogP contribution is 2.51.